The van der Waals surface area contributed by atoms with E-state index in [1.807, 2.05) is 12.1 Å². The molecule has 0 amide bonds. The van der Waals surface area contributed by atoms with Crippen LogP contribution >= 0.6 is 0 Å². The van der Waals surface area contributed by atoms with Gasteiger partial charge in [0.25, 0.3) is 0 Å². The van der Waals surface area contributed by atoms with Crippen LogP contribution in [0.3, 0.4) is 0 Å². The summed E-state index contributed by atoms with van der Waals surface area (Å²) < 4.78 is 5.37. The Morgan fingerprint density at radius 2 is 2.00 bits per heavy atom. The third-order valence-electron chi connectivity index (χ3n) is 2.86. The lowest BCUT2D eigenvalue weighted by Crippen LogP contribution is -2.30. The molecule has 0 heterocycles. The number of nitrogens with two attached hydrogens (primary N) is 1. The normalized spacial score (nSPS) is 10.8. The second kappa shape index (κ2) is 8.09. The van der Waals surface area contributed by atoms with E-state index >= 15 is 0 Å². The molecule has 0 saturated heterocycles. The molecule has 0 saturated carbocycles. The van der Waals surface area contributed by atoms with Gasteiger partial charge >= 0.3 is 0 Å². The van der Waals surface area contributed by atoms with E-state index in [0.29, 0.717) is 6.54 Å². The molecule has 3 nitrogen and oxygen atoms in total. The smallest absolute Gasteiger partial charge is 0.123 e. The second-order valence-electron chi connectivity index (χ2n) is 4.23. The lowest BCUT2D eigenvalue weighted by Gasteiger charge is -2.22. The molecule has 0 spiro atoms. The Kier molecular flexibility index (Phi) is 6.67. The zero-order valence-electron chi connectivity index (χ0n) is 11.0. The molecule has 0 aromatic heterocycles. The van der Waals surface area contributed by atoms with Crippen molar-refractivity contribution >= 4 is 0 Å². The van der Waals surface area contributed by atoms with Gasteiger partial charge in [-0.05, 0) is 19.0 Å². The minimum absolute atomic E-state index is 0.707. The van der Waals surface area contributed by atoms with Gasteiger partial charge < -0.3 is 10.5 Å². The molecule has 3 heteroatoms. The number of rotatable bonds is 8. The van der Waals surface area contributed by atoms with E-state index in [2.05, 4.69) is 24.0 Å². The Balaban J connectivity index is 2.63. The Morgan fingerprint density at radius 1 is 1.24 bits per heavy atom. The molecule has 1 rings (SSSR count). The largest absolute Gasteiger partial charge is 0.496 e. The predicted octanol–water partition coefficient (Wildman–Crippen LogP) is 2.26. The van der Waals surface area contributed by atoms with Crippen LogP contribution in [0.25, 0.3) is 0 Å². The van der Waals surface area contributed by atoms with Crippen molar-refractivity contribution < 1.29 is 4.74 Å². The summed E-state index contributed by atoms with van der Waals surface area (Å²) in [5.74, 6) is 0.964. The van der Waals surface area contributed by atoms with Crippen LogP contribution in [0.5, 0.6) is 5.75 Å². The monoisotopic (exact) mass is 236 g/mol. The van der Waals surface area contributed by atoms with Crippen molar-refractivity contribution in [3.63, 3.8) is 0 Å². The molecule has 1 aromatic carbocycles. The van der Waals surface area contributed by atoms with Crippen LogP contribution in [0, 0.1) is 0 Å². The Labute approximate surface area is 105 Å². The summed E-state index contributed by atoms with van der Waals surface area (Å²) in [4.78, 5) is 2.39. The topological polar surface area (TPSA) is 38.5 Å². The second-order valence-corrected chi connectivity index (χ2v) is 4.23. The fourth-order valence-corrected chi connectivity index (χ4v) is 1.91. The fourth-order valence-electron chi connectivity index (χ4n) is 1.91. The van der Waals surface area contributed by atoms with Gasteiger partial charge in [-0.15, -0.1) is 0 Å². The first-order valence-electron chi connectivity index (χ1n) is 6.36. The quantitative estimate of drug-likeness (QED) is 0.752. The first-order chi connectivity index (χ1) is 8.31. The third kappa shape index (κ3) is 4.75. The van der Waals surface area contributed by atoms with Crippen LogP contribution in [0.4, 0.5) is 0 Å². The van der Waals surface area contributed by atoms with Gasteiger partial charge in [0, 0.05) is 25.2 Å². The minimum Gasteiger partial charge on any atom is -0.496 e. The first-order valence-corrected chi connectivity index (χ1v) is 6.36. The van der Waals surface area contributed by atoms with Crippen LogP contribution in [-0.2, 0) is 6.54 Å². The molecule has 1 aromatic rings. The zero-order valence-corrected chi connectivity index (χ0v) is 11.0. The zero-order chi connectivity index (χ0) is 12.5. The summed E-state index contributed by atoms with van der Waals surface area (Å²) in [6, 6.07) is 8.18. The highest BCUT2D eigenvalue weighted by Crippen LogP contribution is 2.19. The Bertz CT molecular complexity index is 315. The highest BCUT2D eigenvalue weighted by Gasteiger charge is 2.08. The maximum atomic E-state index is 5.65. The molecule has 96 valence electrons. The number of ether oxygens (including phenoxy) is 1. The van der Waals surface area contributed by atoms with Gasteiger partial charge in [0.15, 0.2) is 0 Å². The van der Waals surface area contributed by atoms with E-state index in [4.69, 9.17) is 10.5 Å². The van der Waals surface area contributed by atoms with Gasteiger partial charge in [-0.25, -0.2) is 0 Å². The molecular formula is C14H24N2O. The summed E-state index contributed by atoms with van der Waals surface area (Å²) in [5, 5.41) is 0. The number of methoxy groups -OCH3 is 1. The highest BCUT2D eigenvalue weighted by atomic mass is 16.5. The lowest BCUT2D eigenvalue weighted by atomic mass is 10.1. The van der Waals surface area contributed by atoms with Crippen molar-refractivity contribution in [3.8, 4) is 5.75 Å². The van der Waals surface area contributed by atoms with Gasteiger partial charge in [0.05, 0.1) is 7.11 Å². The van der Waals surface area contributed by atoms with Crippen LogP contribution in [0.15, 0.2) is 24.3 Å². The van der Waals surface area contributed by atoms with E-state index in [0.717, 1.165) is 25.4 Å². The summed E-state index contributed by atoms with van der Waals surface area (Å²) in [5.41, 5.74) is 6.89. The van der Waals surface area contributed by atoms with Crippen molar-refractivity contribution in [2.24, 2.45) is 5.73 Å². The fraction of sp³-hybridized carbons (Fsp3) is 0.571. The number of hydrogen-bond donors (Lipinski definition) is 1. The summed E-state index contributed by atoms with van der Waals surface area (Å²) >= 11 is 0. The number of benzene rings is 1. The van der Waals surface area contributed by atoms with Gasteiger partial charge in [-0.3, -0.25) is 4.90 Å². The maximum absolute atomic E-state index is 5.65. The van der Waals surface area contributed by atoms with Crippen molar-refractivity contribution in [1.29, 1.82) is 0 Å². The van der Waals surface area contributed by atoms with Crippen molar-refractivity contribution in [3.05, 3.63) is 29.8 Å². The van der Waals surface area contributed by atoms with Crippen molar-refractivity contribution in [2.45, 2.75) is 26.3 Å². The van der Waals surface area contributed by atoms with Gasteiger partial charge in [0.1, 0.15) is 5.75 Å². The van der Waals surface area contributed by atoms with Gasteiger partial charge in [-0.2, -0.15) is 0 Å². The minimum atomic E-state index is 0.707. The summed E-state index contributed by atoms with van der Waals surface area (Å²) in [6.07, 6.45) is 2.43. The Hall–Kier alpha value is -1.06. The first kappa shape index (κ1) is 14.0. The van der Waals surface area contributed by atoms with E-state index in [9.17, 15) is 0 Å². The highest BCUT2D eigenvalue weighted by molar-refractivity contribution is 5.33. The average molecular weight is 236 g/mol. The molecule has 0 atom stereocenters. The van der Waals surface area contributed by atoms with Crippen LogP contribution in [0.2, 0.25) is 0 Å². The Morgan fingerprint density at radius 3 is 2.65 bits per heavy atom. The standard InChI is InChI=1S/C14H24N2O/c1-3-4-10-16(11-9-15)12-13-7-5-6-8-14(13)17-2/h5-8H,3-4,9-12,15H2,1-2H3. The molecule has 0 bridgehead atoms. The molecule has 17 heavy (non-hydrogen) atoms. The van der Waals surface area contributed by atoms with E-state index in [-0.39, 0.29) is 0 Å². The van der Waals surface area contributed by atoms with Gasteiger partial charge in [-0.1, -0.05) is 31.5 Å². The van der Waals surface area contributed by atoms with E-state index < -0.39 is 0 Å². The third-order valence-corrected chi connectivity index (χ3v) is 2.86. The van der Waals surface area contributed by atoms with E-state index in [1.54, 1.807) is 7.11 Å². The summed E-state index contributed by atoms with van der Waals surface area (Å²) in [7, 11) is 1.72. The maximum Gasteiger partial charge on any atom is 0.123 e. The van der Waals surface area contributed by atoms with Crippen LogP contribution in [0.1, 0.15) is 25.3 Å². The average Bonchev–Trinajstić information content (AvgIpc) is 2.37. The van der Waals surface area contributed by atoms with Gasteiger partial charge in [0.2, 0.25) is 0 Å². The number of hydrogen-bond acceptors (Lipinski definition) is 3. The molecule has 0 aliphatic rings. The molecule has 2 N–H and O–H groups in total. The van der Waals surface area contributed by atoms with Crippen LogP contribution in [-0.4, -0.2) is 31.6 Å². The number of unbranched alkanes of at least 4 members (excludes halogenated alkanes) is 1. The lowest BCUT2D eigenvalue weighted by molar-refractivity contribution is 0.264. The number of para-hydroxylation sites is 1. The van der Waals surface area contributed by atoms with Crippen LogP contribution < -0.4 is 10.5 Å². The molecule has 0 aliphatic carbocycles. The molecule has 0 fully saturated rings. The molecule has 0 unspecified atom stereocenters. The van der Waals surface area contributed by atoms with Crippen molar-refractivity contribution in [2.75, 3.05) is 26.7 Å². The SMILES string of the molecule is CCCCN(CCN)Cc1ccccc1OC. The summed E-state index contributed by atoms with van der Waals surface area (Å²) in [6.45, 7) is 5.88. The molecule has 0 aliphatic heterocycles. The number of nitrogens with zero attached hydrogens (tertiary/aromatic N) is 1. The predicted molar refractivity (Wildman–Crippen MR) is 72.2 cm³/mol. The molecule has 0 radical (unpaired) electrons. The van der Waals surface area contributed by atoms with Crippen molar-refractivity contribution in [1.82, 2.24) is 4.90 Å². The van der Waals surface area contributed by atoms with E-state index in [1.165, 1.54) is 18.4 Å². The molecular weight excluding hydrogens is 212 g/mol.